The lowest BCUT2D eigenvalue weighted by molar-refractivity contribution is -0.115. The van der Waals surface area contributed by atoms with Crippen molar-refractivity contribution in [2.24, 2.45) is 0 Å². The first kappa shape index (κ1) is 16.3. The van der Waals surface area contributed by atoms with Gasteiger partial charge in [-0.15, -0.1) is 0 Å². The zero-order valence-electron chi connectivity index (χ0n) is 11.7. The van der Waals surface area contributed by atoms with Crippen molar-refractivity contribution in [3.63, 3.8) is 0 Å². The van der Waals surface area contributed by atoms with Crippen molar-refractivity contribution < 1.29 is 17.9 Å². The highest BCUT2D eigenvalue weighted by Gasteiger charge is 2.14. The number of benzene rings is 1. The Kier molecular flexibility index (Phi) is 5.82. The summed E-state index contributed by atoms with van der Waals surface area (Å²) >= 11 is 0. The number of rotatable bonds is 7. The van der Waals surface area contributed by atoms with E-state index in [4.69, 9.17) is 10.5 Å². The molecule has 0 aliphatic rings. The molecule has 0 saturated heterocycles. The summed E-state index contributed by atoms with van der Waals surface area (Å²) in [6.07, 6.45) is 0.466. The Bertz CT molecular complexity index is 570. The van der Waals surface area contributed by atoms with Crippen molar-refractivity contribution in [3.8, 4) is 5.75 Å². The molecule has 3 N–H and O–H groups in total. The molecule has 0 aliphatic heterocycles. The normalized spacial score (nSPS) is 11.1. The van der Waals surface area contributed by atoms with Crippen LogP contribution in [0.4, 0.5) is 11.4 Å². The van der Waals surface area contributed by atoms with Crippen LogP contribution in [0.1, 0.15) is 19.8 Å². The third-order valence-corrected chi connectivity index (χ3v) is 4.51. The van der Waals surface area contributed by atoms with E-state index in [1.54, 1.807) is 25.1 Å². The SMILES string of the molecule is CCCS(=O)(=O)CCC(=O)Nc1cc(N)ccc1OC. The predicted octanol–water partition coefficient (Wildman–Crippen LogP) is 1.43. The zero-order valence-corrected chi connectivity index (χ0v) is 12.5. The van der Waals surface area contributed by atoms with Crippen LogP contribution in [-0.4, -0.2) is 32.9 Å². The van der Waals surface area contributed by atoms with Crippen molar-refractivity contribution in [2.75, 3.05) is 29.7 Å². The number of carbonyl (C=O) groups is 1. The Morgan fingerprint density at radius 3 is 2.65 bits per heavy atom. The summed E-state index contributed by atoms with van der Waals surface area (Å²) in [6, 6.07) is 4.86. The van der Waals surface area contributed by atoms with E-state index in [0.29, 0.717) is 23.5 Å². The maximum Gasteiger partial charge on any atom is 0.225 e. The third kappa shape index (κ3) is 5.08. The van der Waals surface area contributed by atoms with Gasteiger partial charge in [-0.05, 0) is 24.6 Å². The Labute approximate surface area is 119 Å². The molecule has 0 bridgehead atoms. The minimum Gasteiger partial charge on any atom is -0.495 e. The number of sulfone groups is 1. The van der Waals surface area contributed by atoms with E-state index in [0.717, 1.165) is 0 Å². The molecule has 20 heavy (non-hydrogen) atoms. The predicted molar refractivity (Wildman–Crippen MR) is 79.6 cm³/mol. The number of amides is 1. The van der Waals surface area contributed by atoms with Gasteiger partial charge in [0, 0.05) is 17.9 Å². The third-order valence-electron chi connectivity index (χ3n) is 2.65. The first-order valence-electron chi connectivity index (χ1n) is 6.31. The first-order valence-corrected chi connectivity index (χ1v) is 8.14. The van der Waals surface area contributed by atoms with Gasteiger partial charge in [-0.25, -0.2) is 8.42 Å². The summed E-state index contributed by atoms with van der Waals surface area (Å²) in [7, 11) is -1.68. The monoisotopic (exact) mass is 300 g/mol. The fraction of sp³-hybridized carbons (Fsp3) is 0.462. The number of methoxy groups -OCH3 is 1. The van der Waals surface area contributed by atoms with E-state index < -0.39 is 9.84 Å². The molecule has 0 aliphatic carbocycles. The van der Waals surface area contributed by atoms with Crippen molar-refractivity contribution in [3.05, 3.63) is 18.2 Å². The second-order valence-corrected chi connectivity index (χ2v) is 6.71. The quantitative estimate of drug-likeness (QED) is 0.742. The maximum atomic E-state index is 11.8. The lowest BCUT2D eigenvalue weighted by Gasteiger charge is -2.11. The van der Waals surface area contributed by atoms with Crippen molar-refractivity contribution in [1.29, 1.82) is 0 Å². The van der Waals surface area contributed by atoms with Gasteiger partial charge in [0.15, 0.2) is 9.84 Å². The van der Waals surface area contributed by atoms with E-state index in [2.05, 4.69) is 5.32 Å². The van der Waals surface area contributed by atoms with Gasteiger partial charge in [-0.1, -0.05) is 6.92 Å². The van der Waals surface area contributed by atoms with Crippen LogP contribution in [0.3, 0.4) is 0 Å². The van der Waals surface area contributed by atoms with Crippen LogP contribution in [0, 0.1) is 0 Å². The van der Waals surface area contributed by atoms with E-state index in [9.17, 15) is 13.2 Å². The molecule has 6 nitrogen and oxygen atoms in total. The smallest absolute Gasteiger partial charge is 0.225 e. The van der Waals surface area contributed by atoms with Gasteiger partial charge in [0.1, 0.15) is 5.75 Å². The van der Waals surface area contributed by atoms with Crippen LogP contribution >= 0.6 is 0 Å². The van der Waals surface area contributed by atoms with Gasteiger partial charge in [0.25, 0.3) is 0 Å². The Morgan fingerprint density at radius 2 is 2.05 bits per heavy atom. The fourth-order valence-electron chi connectivity index (χ4n) is 1.70. The van der Waals surface area contributed by atoms with Crippen molar-refractivity contribution in [2.45, 2.75) is 19.8 Å². The summed E-state index contributed by atoms with van der Waals surface area (Å²) in [5.41, 5.74) is 6.56. The first-order chi connectivity index (χ1) is 9.38. The topological polar surface area (TPSA) is 98.5 Å². The van der Waals surface area contributed by atoms with E-state index >= 15 is 0 Å². The lowest BCUT2D eigenvalue weighted by atomic mass is 10.2. The Hall–Kier alpha value is -1.76. The number of anilines is 2. The molecule has 0 spiro atoms. The Morgan fingerprint density at radius 1 is 1.35 bits per heavy atom. The minimum absolute atomic E-state index is 0.0830. The van der Waals surface area contributed by atoms with Crippen LogP contribution in [0.25, 0.3) is 0 Å². The molecule has 0 saturated carbocycles. The molecule has 0 unspecified atom stereocenters. The van der Waals surface area contributed by atoms with Gasteiger partial charge in [0.05, 0.1) is 18.6 Å². The second kappa shape index (κ2) is 7.14. The lowest BCUT2D eigenvalue weighted by Crippen LogP contribution is -2.19. The van der Waals surface area contributed by atoms with Crippen LogP contribution in [0.2, 0.25) is 0 Å². The molecule has 0 fully saturated rings. The minimum atomic E-state index is -3.16. The number of carbonyl (C=O) groups excluding carboxylic acids is 1. The molecular weight excluding hydrogens is 280 g/mol. The van der Waals surface area contributed by atoms with Crippen LogP contribution < -0.4 is 15.8 Å². The molecule has 0 aromatic heterocycles. The average Bonchev–Trinajstić information content (AvgIpc) is 2.37. The molecule has 1 amide bonds. The number of hydrogen-bond acceptors (Lipinski definition) is 5. The zero-order chi connectivity index (χ0) is 15.2. The van der Waals surface area contributed by atoms with Crippen LogP contribution in [0.5, 0.6) is 5.75 Å². The van der Waals surface area contributed by atoms with Gasteiger partial charge >= 0.3 is 0 Å². The highest BCUT2D eigenvalue weighted by Crippen LogP contribution is 2.26. The van der Waals surface area contributed by atoms with E-state index in [1.807, 2.05) is 0 Å². The van der Waals surface area contributed by atoms with Crippen LogP contribution in [-0.2, 0) is 14.6 Å². The highest BCUT2D eigenvalue weighted by molar-refractivity contribution is 7.91. The largest absolute Gasteiger partial charge is 0.495 e. The molecule has 112 valence electrons. The summed E-state index contributed by atoms with van der Waals surface area (Å²) in [4.78, 5) is 11.8. The molecule has 0 atom stereocenters. The molecule has 1 aromatic rings. The number of nitrogens with two attached hydrogens (primary N) is 1. The molecular formula is C13H20N2O4S. The van der Waals surface area contributed by atoms with Gasteiger partial charge < -0.3 is 15.8 Å². The van der Waals surface area contributed by atoms with Gasteiger partial charge in [0.2, 0.25) is 5.91 Å². The van der Waals surface area contributed by atoms with Crippen molar-refractivity contribution in [1.82, 2.24) is 0 Å². The van der Waals surface area contributed by atoms with Gasteiger partial charge in [-0.3, -0.25) is 4.79 Å². The molecule has 0 radical (unpaired) electrons. The molecule has 1 aromatic carbocycles. The van der Waals surface area contributed by atoms with E-state index in [1.165, 1.54) is 7.11 Å². The fourth-order valence-corrected chi connectivity index (χ4v) is 3.02. The van der Waals surface area contributed by atoms with Crippen LogP contribution in [0.15, 0.2) is 18.2 Å². The van der Waals surface area contributed by atoms with Crippen molar-refractivity contribution >= 4 is 27.1 Å². The highest BCUT2D eigenvalue weighted by atomic mass is 32.2. The summed E-state index contributed by atoms with van der Waals surface area (Å²) in [6.45, 7) is 1.79. The number of hydrogen-bond donors (Lipinski definition) is 2. The maximum absolute atomic E-state index is 11.8. The van der Waals surface area contributed by atoms with E-state index in [-0.39, 0.29) is 23.8 Å². The summed E-state index contributed by atoms with van der Waals surface area (Å²) in [5, 5.41) is 2.61. The average molecular weight is 300 g/mol. The number of nitrogen functional groups attached to an aromatic ring is 1. The molecule has 7 heteroatoms. The number of nitrogens with one attached hydrogen (secondary N) is 1. The summed E-state index contributed by atoms with van der Waals surface area (Å²) in [5.74, 6) is 0.0386. The molecule has 0 heterocycles. The standard InChI is InChI=1S/C13H20N2O4S/c1-3-7-20(17,18)8-6-13(16)15-11-9-10(14)4-5-12(11)19-2/h4-5,9H,3,6-8,14H2,1-2H3,(H,15,16). The van der Waals surface area contributed by atoms with Gasteiger partial charge in [-0.2, -0.15) is 0 Å². The molecule has 1 rings (SSSR count). The Balaban J connectivity index is 2.65. The second-order valence-electron chi connectivity index (χ2n) is 4.41. The summed E-state index contributed by atoms with van der Waals surface area (Å²) < 4.78 is 28.2. The number of ether oxygens (including phenoxy) is 1.